The van der Waals surface area contributed by atoms with E-state index in [-0.39, 0.29) is 28.3 Å². The second kappa shape index (κ2) is 5.36. The molecule has 3 nitrogen and oxygen atoms in total. The SMILES string of the molecule is CCSc1nc2c(c(C(F)(F)F)c1C#N)CCc1occc1-2. The van der Waals surface area contributed by atoms with E-state index >= 15 is 0 Å². The highest BCUT2D eigenvalue weighted by molar-refractivity contribution is 7.99. The summed E-state index contributed by atoms with van der Waals surface area (Å²) in [5.74, 6) is 1.18. The normalized spacial score (nSPS) is 13.4. The van der Waals surface area contributed by atoms with E-state index in [4.69, 9.17) is 4.42 Å². The molecule has 3 rings (SSSR count). The average Bonchev–Trinajstić information content (AvgIpc) is 2.93. The third-order valence-electron chi connectivity index (χ3n) is 3.54. The molecule has 0 aromatic carbocycles. The fourth-order valence-electron chi connectivity index (χ4n) is 2.71. The Balaban J connectivity index is 2.36. The van der Waals surface area contributed by atoms with Gasteiger partial charge in [-0.3, -0.25) is 0 Å². The molecule has 0 bridgehead atoms. The van der Waals surface area contributed by atoms with Gasteiger partial charge >= 0.3 is 6.18 Å². The number of nitrogens with zero attached hydrogens (tertiary/aromatic N) is 2. The fourth-order valence-corrected chi connectivity index (χ4v) is 3.43. The smallest absolute Gasteiger partial charge is 0.418 e. The molecule has 2 aromatic rings. The van der Waals surface area contributed by atoms with Gasteiger partial charge in [0, 0.05) is 12.0 Å². The molecule has 0 fully saturated rings. The molecule has 1 aliphatic carbocycles. The number of rotatable bonds is 2. The monoisotopic (exact) mass is 324 g/mol. The van der Waals surface area contributed by atoms with Gasteiger partial charge in [-0.15, -0.1) is 11.8 Å². The maximum atomic E-state index is 13.5. The molecule has 2 heterocycles. The van der Waals surface area contributed by atoms with Gasteiger partial charge < -0.3 is 4.42 Å². The third kappa shape index (κ3) is 2.28. The van der Waals surface area contributed by atoms with Crippen molar-refractivity contribution in [2.75, 3.05) is 5.75 Å². The molecule has 0 saturated carbocycles. The van der Waals surface area contributed by atoms with Gasteiger partial charge in [0.25, 0.3) is 0 Å². The van der Waals surface area contributed by atoms with Crippen molar-refractivity contribution in [3.63, 3.8) is 0 Å². The largest absolute Gasteiger partial charge is 0.469 e. The van der Waals surface area contributed by atoms with Crippen molar-refractivity contribution in [2.45, 2.75) is 31.0 Å². The molecule has 0 atom stereocenters. The number of aryl methyl sites for hydroxylation is 1. The molecule has 0 saturated heterocycles. The number of aromatic nitrogens is 1. The van der Waals surface area contributed by atoms with E-state index in [1.54, 1.807) is 12.1 Å². The first-order chi connectivity index (χ1) is 10.5. The van der Waals surface area contributed by atoms with Crippen molar-refractivity contribution < 1.29 is 17.6 Å². The van der Waals surface area contributed by atoms with E-state index in [1.165, 1.54) is 6.26 Å². The van der Waals surface area contributed by atoms with Crippen molar-refractivity contribution in [1.82, 2.24) is 4.98 Å². The summed E-state index contributed by atoms with van der Waals surface area (Å²) in [4.78, 5) is 4.34. The number of halogens is 3. The minimum Gasteiger partial charge on any atom is -0.469 e. The number of thioether (sulfide) groups is 1. The number of hydrogen-bond acceptors (Lipinski definition) is 4. The number of pyridine rings is 1. The Morgan fingerprint density at radius 2 is 2.18 bits per heavy atom. The van der Waals surface area contributed by atoms with E-state index in [0.29, 0.717) is 23.5 Å². The summed E-state index contributed by atoms with van der Waals surface area (Å²) in [5.41, 5.74) is -0.238. The molecule has 0 amide bonds. The molecule has 114 valence electrons. The predicted molar refractivity (Wildman–Crippen MR) is 75.5 cm³/mol. The zero-order valence-electron chi connectivity index (χ0n) is 11.6. The molecule has 22 heavy (non-hydrogen) atoms. The summed E-state index contributed by atoms with van der Waals surface area (Å²) >= 11 is 1.14. The summed E-state index contributed by atoms with van der Waals surface area (Å²) in [7, 11) is 0. The summed E-state index contributed by atoms with van der Waals surface area (Å²) in [6.07, 6.45) is -2.57. The lowest BCUT2D eigenvalue weighted by atomic mass is 9.89. The zero-order valence-corrected chi connectivity index (χ0v) is 12.4. The molecule has 0 N–H and O–H groups in total. The molecular formula is C15H11F3N2OS. The fraction of sp³-hybridized carbons (Fsp3) is 0.333. The highest BCUT2D eigenvalue weighted by atomic mass is 32.2. The van der Waals surface area contributed by atoms with Crippen LogP contribution >= 0.6 is 11.8 Å². The Hall–Kier alpha value is -1.94. The molecule has 1 aliphatic rings. The van der Waals surface area contributed by atoms with Crippen molar-refractivity contribution >= 4 is 11.8 Å². The van der Waals surface area contributed by atoms with Gasteiger partial charge in [-0.05, 0) is 23.8 Å². The van der Waals surface area contributed by atoms with Crippen LogP contribution in [0.1, 0.15) is 29.4 Å². The van der Waals surface area contributed by atoms with Crippen molar-refractivity contribution in [3.8, 4) is 17.3 Å². The molecule has 0 aliphatic heterocycles. The quantitative estimate of drug-likeness (QED) is 0.766. The standard InChI is InChI=1S/C15H11F3N2OS/c1-2-22-14-10(7-19)12(15(16,17)18)9-3-4-11-8(5-6-21-11)13(9)20-14/h5-6H,2-4H2,1H3. The van der Waals surface area contributed by atoms with Gasteiger partial charge in [-0.2, -0.15) is 18.4 Å². The van der Waals surface area contributed by atoms with Crippen LogP contribution in [-0.2, 0) is 19.0 Å². The molecule has 0 radical (unpaired) electrons. The molecular weight excluding hydrogens is 313 g/mol. The Morgan fingerprint density at radius 1 is 1.41 bits per heavy atom. The lowest BCUT2D eigenvalue weighted by Gasteiger charge is -2.22. The Labute approximate surface area is 129 Å². The summed E-state index contributed by atoms with van der Waals surface area (Å²) < 4.78 is 45.9. The Kier molecular flexibility index (Phi) is 3.65. The Morgan fingerprint density at radius 3 is 2.82 bits per heavy atom. The number of fused-ring (bicyclic) bond motifs is 3. The highest BCUT2D eigenvalue weighted by Gasteiger charge is 2.41. The lowest BCUT2D eigenvalue weighted by Crippen LogP contribution is -2.18. The maximum Gasteiger partial charge on any atom is 0.418 e. The van der Waals surface area contributed by atoms with Crippen LogP contribution < -0.4 is 0 Å². The summed E-state index contributed by atoms with van der Waals surface area (Å²) in [6, 6.07) is 3.33. The van der Waals surface area contributed by atoms with Crippen LogP contribution in [0.15, 0.2) is 21.8 Å². The van der Waals surface area contributed by atoms with E-state index in [2.05, 4.69) is 4.98 Å². The van der Waals surface area contributed by atoms with E-state index in [1.807, 2.05) is 6.92 Å². The van der Waals surface area contributed by atoms with Crippen LogP contribution in [0.2, 0.25) is 0 Å². The third-order valence-corrected chi connectivity index (χ3v) is 4.40. The van der Waals surface area contributed by atoms with Crippen LogP contribution in [-0.4, -0.2) is 10.7 Å². The van der Waals surface area contributed by atoms with Crippen LogP contribution in [0.25, 0.3) is 11.3 Å². The molecule has 0 spiro atoms. The van der Waals surface area contributed by atoms with Crippen LogP contribution in [0.5, 0.6) is 0 Å². The first-order valence-corrected chi connectivity index (χ1v) is 7.69. The zero-order chi connectivity index (χ0) is 15.9. The van der Waals surface area contributed by atoms with Gasteiger partial charge in [-0.25, -0.2) is 4.98 Å². The number of nitriles is 1. The van der Waals surface area contributed by atoms with Crippen molar-refractivity contribution in [1.29, 1.82) is 5.26 Å². The first kappa shape index (κ1) is 15.0. The van der Waals surface area contributed by atoms with Gasteiger partial charge in [0.15, 0.2) is 0 Å². The number of hydrogen-bond donors (Lipinski definition) is 0. The van der Waals surface area contributed by atoms with Gasteiger partial charge in [0.1, 0.15) is 16.9 Å². The van der Waals surface area contributed by atoms with Crippen molar-refractivity contribution in [2.24, 2.45) is 0 Å². The second-order valence-corrected chi connectivity index (χ2v) is 6.05. The van der Waals surface area contributed by atoms with E-state index in [0.717, 1.165) is 11.8 Å². The minimum absolute atomic E-state index is 0.0957. The number of alkyl halides is 3. The second-order valence-electron chi connectivity index (χ2n) is 4.79. The average molecular weight is 324 g/mol. The summed E-state index contributed by atoms with van der Waals surface area (Å²) in [6.45, 7) is 1.81. The summed E-state index contributed by atoms with van der Waals surface area (Å²) in [5, 5.41) is 9.35. The van der Waals surface area contributed by atoms with Crippen LogP contribution in [0, 0.1) is 11.3 Å². The molecule has 2 aromatic heterocycles. The van der Waals surface area contributed by atoms with Gasteiger partial charge in [-0.1, -0.05) is 6.92 Å². The van der Waals surface area contributed by atoms with Crippen LogP contribution in [0.3, 0.4) is 0 Å². The van der Waals surface area contributed by atoms with Crippen LogP contribution in [0.4, 0.5) is 13.2 Å². The number of furan rings is 1. The highest BCUT2D eigenvalue weighted by Crippen LogP contribution is 2.44. The first-order valence-electron chi connectivity index (χ1n) is 6.71. The maximum absolute atomic E-state index is 13.5. The van der Waals surface area contributed by atoms with E-state index in [9.17, 15) is 18.4 Å². The Bertz CT molecular complexity index is 774. The van der Waals surface area contributed by atoms with Crippen molar-refractivity contribution in [3.05, 3.63) is 34.8 Å². The van der Waals surface area contributed by atoms with E-state index < -0.39 is 11.7 Å². The molecule has 0 unspecified atom stereocenters. The minimum atomic E-state index is -4.58. The lowest BCUT2D eigenvalue weighted by molar-refractivity contribution is -0.138. The predicted octanol–water partition coefficient (Wildman–Crippen LogP) is 4.44. The molecule has 7 heteroatoms. The van der Waals surface area contributed by atoms with Gasteiger partial charge in [0.05, 0.1) is 23.1 Å². The van der Waals surface area contributed by atoms with Gasteiger partial charge in [0.2, 0.25) is 0 Å². The topological polar surface area (TPSA) is 49.8 Å².